The molecule has 2 aromatic rings. The monoisotopic (exact) mass is 534 g/mol. The number of carboxylic acid groups (broad SMARTS) is 1. The van der Waals surface area contributed by atoms with E-state index in [0.29, 0.717) is 25.9 Å². The van der Waals surface area contributed by atoms with Crippen LogP contribution in [0.3, 0.4) is 0 Å². The standard InChI is InChI=1S/C24H34N6O8/c1-14(31)26-15(5-6-17(32)33)20(34)29-9-7-24(8-10-29)12-23(2,37)16(11-38-24)30-13-25-19-18(30)21(35)28(4)22(36)27(19)3/h13,15-16,37H,5-12H2,1-4H3,(H,26,31)(H,32,33)/t15-,16+,23+/m0/s1. The van der Waals surface area contributed by atoms with Crippen molar-refractivity contribution in [3.8, 4) is 0 Å². The quantitative estimate of drug-likeness (QED) is 0.414. The highest BCUT2D eigenvalue weighted by Gasteiger charge is 2.50. The number of carbonyl (C=O) groups excluding carboxylic acids is 2. The van der Waals surface area contributed by atoms with Gasteiger partial charge in [-0.25, -0.2) is 9.78 Å². The molecule has 2 aliphatic rings. The molecule has 4 rings (SSSR count). The smallest absolute Gasteiger partial charge is 0.332 e. The number of imidazole rings is 1. The number of aliphatic hydroxyl groups is 1. The van der Waals surface area contributed by atoms with Gasteiger partial charge in [0, 0.05) is 47.0 Å². The molecule has 0 aliphatic carbocycles. The number of hydrogen-bond donors (Lipinski definition) is 3. The lowest BCUT2D eigenvalue weighted by Gasteiger charge is -2.51. The summed E-state index contributed by atoms with van der Waals surface area (Å²) < 4.78 is 10.2. The van der Waals surface area contributed by atoms with Crippen LogP contribution in [0.1, 0.15) is 52.0 Å². The van der Waals surface area contributed by atoms with Crippen LogP contribution >= 0.6 is 0 Å². The molecule has 0 aromatic carbocycles. The van der Waals surface area contributed by atoms with Crippen molar-refractivity contribution in [2.45, 2.75) is 69.2 Å². The molecule has 0 saturated carbocycles. The number of aromatic nitrogens is 4. The van der Waals surface area contributed by atoms with Crippen LogP contribution in [0.2, 0.25) is 0 Å². The van der Waals surface area contributed by atoms with E-state index in [-0.39, 0.29) is 42.9 Å². The van der Waals surface area contributed by atoms with E-state index < -0.39 is 46.4 Å². The van der Waals surface area contributed by atoms with E-state index >= 15 is 0 Å². The number of likely N-dealkylation sites (tertiary alicyclic amines) is 1. The minimum Gasteiger partial charge on any atom is -0.481 e. The molecule has 0 bridgehead atoms. The molecule has 1 spiro atoms. The number of hydrogen-bond acceptors (Lipinski definition) is 8. The Bertz CT molecular complexity index is 1380. The molecule has 14 nitrogen and oxygen atoms in total. The number of piperidine rings is 1. The van der Waals surface area contributed by atoms with Gasteiger partial charge in [-0.1, -0.05) is 0 Å². The van der Waals surface area contributed by atoms with Crippen LogP contribution in [0.5, 0.6) is 0 Å². The molecular formula is C24H34N6O8. The van der Waals surface area contributed by atoms with Gasteiger partial charge in [0.1, 0.15) is 6.04 Å². The van der Waals surface area contributed by atoms with E-state index in [2.05, 4.69) is 10.3 Å². The van der Waals surface area contributed by atoms with Crippen molar-refractivity contribution in [2.24, 2.45) is 14.1 Å². The second-order valence-corrected chi connectivity index (χ2v) is 10.6. The average Bonchev–Trinajstić information content (AvgIpc) is 3.28. The first-order valence-electron chi connectivity index (χ1n) is 12.5. The number of fused-ring (bicyclic) bond motifs is 1. The van der Waals surface area contributed by atoms with Crippen molar-refractivity contribution >= 4 is 28.9 Å². The fourth-order valence-corrected chi connectivity index (χ4v) is 5.68. The first-order valence-corrected chi connectivity index (χ1v) is 12.5. The van der Waals surface area contributed by atoms with Crippen molar-refractivity contribution in [2.75, 3.05) is 19.7 Å². The second kappa shape index (κ2) is 9.98. The van der Waals surface area contributed by atoms with Gasteiger partial charge < -0.3 is 29.7 Å². The maximum absolute atomic E-state index is 13.0. The van der Waals surface area contributed by atoms with Gasteiger partial charge in [-0.05, 0) is 26.2 Å². The maximum atomic E-state index is 13.0. The van der Waals surface area contributed by atoms with Crippen LogP contribution in [0.4, 0.5) is 0 Å². The molecule has 3 atom stereocenters. The second-order valence-electron chi connectivity index (χ2n) is 10.6. The summed E-state index contributed by atoms with van der Waals surface area (Å²) in [7, 11) is 2.92. The number of rotatable bonds is 6. The largest absolute Gasteiger partial charge is 0.481 e. The van der Waals surface area contributed by atoms with Gasteiger partial charge in [0.05, 0.1) is 30.2 Å². The summed E-state index contributed by atoms with van der Waals surface area (Å²) in [6.07, 6.45) is 2.30. The van der Waals surface area contributed by atoms with E-state index in [9.17, 15) is 29.1 Å². The molecule has 2 amide bonds. The van der Waals surface area contributed by atoms with Crippen LogP contribution in [0.25, 0.3) is 11.2 Å². The number of amides is 2. The number of aliphatic carboxylic acids is 1. The summed E-state index contributed by atoms with van der Waals surface area (Å²) in [5.74, 6) is -1.81. The topological polar surface area (TPSA) is 178 Å². The van der Waals surface area contributed by atoms with Gasteiger partial charge in [0.25, 0.3) is 5.56 Å². The van der Waals surface area contributed by atoms with Crippen molar-refractivity contribution in [3.05, 3.63) is 27.2 Å². The lowest BCUT2D eigenvalue weighted by atomic mass is 9.75. The summed E-state index contributed by atoms with van der Waals surface area (Å²) in [6, 6.07) is -1.56. The summed E-state index contributed by atoms with van der Waals surface area (Å²) in [5.41, 5.74) is -2.58. The Hall–Kier alpha value is -3.52. The minimum atomic E-state index is -1.29. The Morgan fingerprint density at radius 2 is 1.87 bits per heavy atom. The summed E-state index contributed by atoms with van der Waals surface area (Å²) >= 11 is 0. The van der Waals surface area contributed by atoms with Gasteiger partial charge in [-0.3, -0.25) is 28.3 Å². The first-order chi connectivity index (χ1) is 17.8. The number of nitrogens with one attached hydrogen (secondary N) is 1. The molecular weight excluding hydrogens is 500 g/mol. The van der Waals surface area contributed by atoms with Crippen molar-refractivity contribution in [3.63, 3.8) is 0 Å². The number of ether oxygens (including phenoxy) is 1. The molecule has 38 heavy (non-hydrogen) atoms. The van der Waals surface area contributed by atoms with Crippen molar-refractivity contribution in [1.29, 1.82) is 0 Å². The highest BCUT2D eigenvalue weighted by Crippen LogP contribution is 2.44. The van der Waals surface area contributed by atoms with E-state index in [0.717, 1.165) is 4.57 Å². The lowest BCUT2D eigenvalue weighted by Crippen LogP contribution is -2.59. The van der Waals surface area contributed by atoms with Crippen LogP contribution in [0, 0.1) is 0 Å². The fraction of sp³-hybridized carbons (Fsp3) is 0.667. The highest BCUT2D eigenvalue weighted by atomic mass is 16.5. The molecule has 208 valence electrons. The Balaban J connectivity index is 1.49. The Morgan fingerprint density at radius 1 is 1.21 bits per heavy atom. The zero-order valence-electron chi connectivity index (χ0n) is 22.0. The number of aryl methyl sites for hydroxylation is 1. The Morgan fingerprint density at radius 3 is 2.45 bits per heavy atom. The SMILES string of the molecule is CC(=O)N[C@@H](CCC(=O)O)C(=O)N1CCC2(CC1)C[C@@](C)(O)[C@H](n1cnc3c1c(=O)n(C)c(=O)n3C)CO2. The molecule has 14 heteroatoms. The van der Waals surface area contributed by atoms with Crippen LogP contribution in [0.15, 0.2) is 15.9 Å². The number of carbonyl (C=O) groups is 3. The van der Waals surface area contributed by atoms with Crippen LogP contribution in [-0.2, 0) is 33.2 Å². The van der Waals surface area contributed by atoms with Gasteiger partial charge in [0.2, 0.25) is 11.8 Å². The van der Waals surface area contributed by atoms with E-state index in [4.69, 9.17) is 9.84 Å². The zero-order chi connectivity index (χ0) is 28.0. The average molecular weight is 535 g/mol. The van der Waals surface area contributed by atoms with E-state index in [1.54, 1.807) is 16.4 Å². The molecule has 2 aliphatic heterocycles. The van der Waals surface area contributed by atoms with Crippen LogP contribution < -0.4 is 16.6 Å². The molecule has 0 radical (unpaired) electrons. The summed E-state index contributed by atoms with van der Waals surface area (Å²) in [5, 5.41) is 23.1. The van der Waals surface area contributed by atoms with Gasteiger partial charge in [-0.2, -0.15) is 0 Å². The summed E-state index contributed by atoms with van der Waals surface area (Å²) in [6.45, 7) is 3.68. The number of nitrogens with zero attached hydrogens (tertiary/aromatic N) is 5. The molecule has 2 saturated heterocycles. The molecule has 3 N–H and O–H groups in total. The van der Waals surface area contributed by atoms with E-state index in [1.807, 2.05) is 0 Å². The van der Waals surface area contributed by atoms with E-state index in [1.165, 1.54) is 31.9 Å². The minimum absolute atomic E-state index is 0.00774. The zero-order valence-corrected chi connectivity index (χ0v) is 22.0. The first kappa shape index (κ1) is 27.5. The Labute approximate surface area is 217 Å². The third-order valence-corrected chi connectivity index (χ3v) is 7.76. The highest BCUT2D eigenvalue weighted by molar-refractivity contribution is 5.87. The third kappa shape index (κ3) is 4.97. The molecule has 2 fully saturated rings. The van der Waals surface area contributed by atoms with Crippen molar-refractivity contribution in [1.82, 2.24) is 28.9 Å². The van der Waals surface area contributed by atoms with Crippen molar-refractivity contribution < 1.29 is 29.3 Å². The normalized spacial score (nSPS) is 23.9. The third-order valence-electron chi connectivity index (χ3n) is 7.76. The van der Waals surface area contributed by atoms with Gasteiger partial charge >= 0.3 is 11.7 Å². The molecule has 2 aromatic heterocycles. The Kier molecular flexibility index (Phi) is 7.23. The maximum Gasteiger partial charge on any atom is 0.332 e. The van der Waals surface area contributed by atoms with Gasteiger partial charge in [-0.15, -0.1) is 0 Å². The molecule has 0 unspecified atom stereocenters. The predicted octanol–water partition coefficient (Wildman–Crippen LogP) is -1.12. The molecule has 4 heterocycles. The summed E-state index contributed by atoms with van der Waals surface area (Å²) in [4.78, 5) is 66.6. The number of carboxylic acids is 1. The predicted molar refractivity (Wildman–Crippen MR) is 133 cm³/mol. The van der Waals surface area contributed by atoms with Gasteiger partial charge in [0.15, 0.2) is 11.2 Å². The fourth-order valence-electron chi connectivity index (χ4n) is 5.68. The van der Waals surface area contributed by atoms with Crippen LogP contribution in [-0.4, -0.2) is 88.5 Å². The lowest BCUT2D eigenvalue weighted by molar-refractivity contribution is -0.197.